The van der Waals surface area contributed by atoms with Gasteiger partial charge in [-0.05, 0) is 46.9 Å². The second-order valence-electron chi connectivity index (χ2n) is 8.09. The second kappa shape index (κ2) is 12.4. The van der Waals surface area contributed by atoms with Crippen LogP contribution in [0, 0.1) is 0 Å². The van der Waals surface area contributed by atoms with Crippen LogP contribution in [-0.2, 0) is 16.1 Å². The number of ether oxygens (including phenoxy) is 2. The Labute approximate surface area is 200 Å². The van der Waals surface area contributed by atoms with Gasteiger partial charge in [-0.25, -0.2) is 4.79 Å². The molecule has 0 aliphatic carbocycles. The molecule has 0 fully saturated rings. The maximum absolute atomic E-state index is 11.3. The summed E-state index contributed by atoms with van der Waals surface area (Å²) in [6.07, 6.45) is -0.645. The van der Waals surface area contributed by atoms with Crippen LogP contribution in [0.15, 0.2) is 78.9 Å². The summed E-state index contributed by atoms with van der Waals surface area (Å²) in [7, 11) is 1.33. The van der Waals surface area contributed by atoms with Crippen LogP contribution in [0.1, 0.15) is 35.6 Å². The molecule has 0 saturated heterocycles. The SMILES string of the molecule is COC(=O)COc1ccc(C(C)CN(Cc2ccccc2)CC(O)c2cccc(Cl)c2)cc1. The van der Waals surface area contributed by atoms with Crippen molar-refractivity contribution in [3.05, 3.63) is 101 Å². The van der Waals surface area contributed by atoms with Crippen molar-refractivity contribution < 1.29 is 19.4 Å². The molecular formula is C27H30ClNO4. The molecule has 0 spiro atoms. The van der Waals surface area contributed by atoms with Crippen LogP contribution in [0.3, 0.4) is 0 Å². The van der Waals surface area contributed by atoms with Crippen molar-refractivity contribution in [2.75, 3.05) is 26.8 Å². The summed E-state index contributed by atoms with van der Waals surface area (Å²) < 4.78 is 10.0. The summed E-state index contributed by atoms with van der Waals surface area (Å²) in [6.45, 7) is 4.02. The van der Waals surface area contributed by atoms with E-state index >= 15 is 0 Å². The number of hydrogen-bond donors (Lipinski definition) is 1. The van der Waals surface area contributed by atoms with Crippen molar-refractivity contribution in [2.45, 2.75) is 25.5 Å². The third-order valence-electron chi connectivity index (χ3n) is 5.48. The lowest BCUT2D eigenvalue weighted by molar-refractivity contribution is -0.142. The van der Waals surface area contributed by atoms with Gasteiger partial charge in [-0.15, -0.1) is 0 Å². The first-order valence-electron chi connectivity index (χ1n) is 10.9. The fraction of sp³-hybridized carbons (Fsp3) is 0.296. The third kappa shape index (κ3) is 7.90. The highest BCUT2D eigenvalue weighted by Crippen LogP contribution is 2.24. The average Bonchev–Trinajstić information content (AvgIpc) is 2.83. The minimum Gasteiger partial charge on any atom is -0.482 e. The van der Waals surface area contributed by atoms with E-state index < -0.39 is 12.1 Å². The van der Waals surface area contributed by atoms with E-state index in [4.69, 9.17) is 16.3 Å². The van der Waals surface area contributed by atoms with Crippen molar-refractivity contribution in [1.29, 1.82) is 0 Å². The van der Waals surface area contributed by atoms with Crippen LogP contribution in [-0.4, -0.2) is 42.8 Å². The number of aliphatic hydroxyl groups is 1. The Balaban J connectivity index is 1.68. The van der Waals surface area contributed by atoms with E-state index in [1.54, 1.807) is 6.07 Å². The predicted molar refractivity (Wildman–Crippen MR) is 130 cm³/mol. The summed E-state index contributed by atoms with van der Waals surface area (Å²) in [5, 5.41) is 11.5. The number of esters is 1. The Kier molecular flexibility index (Phi) is 9.31. The van der Waals surface area contributed by atoms with Crippen molar-refractivity contribution in [3.8, 4) is 5.75 Å². The van der Waals surface area contributed by atoms with E-state index in [0.29, 0.717) is 17.3 Å². The highest BCUT2D eigenvalue weighted by Gasteiger charge is 2.18. The molecule has 0 heterocycles. The molecule has 33 heavy (non-hydrogen) atoms. The normalized spacial score (nSPS) is 12.9. The lowest BCUT2D eigenvalue weighted by atomic mass is 9.99. The molecule has 174 valence electrons. The molecule has 6 heteroatoms. The standard InChI is InChI=1S/C27H30ClNO4/c1-20(22-11-13-25(14-12-22)33-19-27(31)32-2)16-29(17-21-7-4-3-5-8-21)18-26(30)23-9-6-10-24(28)15-23/h3-15,20,26,30H,16-19H2,1-2H3. The fourth-order valence-electron chi connectivity index (χ4n) is 3.70. The molecule has 0 bridgehead atoms. The lowest BCUT2D eigenvalue weighted by Gasteiger charge is -2.28. The molecule has 3 aromatic carbocycles. The van der Waals surface area contributed by atoms with Crippen LogP contribution in [0.5, 0.6) is 5.75 Å². The smallest absolute Gasteiger partial charge is 0.343 e. The van der Waals surface area contributed by atoms with Crippen LogP contribution >= 0.6 is 11.6 Å². The average molecular weight is 468 g/mol. The number of methoxy groups -OCH3 is 1. The Hall–Kier alpha value is -2.86. The number of carbonyl (C=O) groups excluding carboxylic acids is 1. The maximum Gasteiger partial charge on any atom is 0.343 e. The zero-order valence-electron chi connectivity index (χ0n) is 19.0. The summed E-state index contributed by atoms with van der Waals surface area (Å²) in [4.78, 5) is 13.5. The van der Waals surface area contributed by atoms with Crippen molar-refractivity contribution >= 4 is 17.6 Å². The summed E-state index contributed by atoms with van der Waals surface area (Å²) >= 11 is 6.12. The van der Waals surface area contributed by atoms with Gasteiger partial charge in [0.2, 0.25) is 0 Å². The molecule has 0 radical (unpaired) electrons. The number of carbonyl (C=O) groups is 1. The van der Waals surface area contributed by atoms with E-state index in [-0.39, 0.29) is 12.5 Å². The van der Waals surface area contributed by atoms with Crippen molar-refractivity contribution in [2.24, 2.45) is 0 Å². The topological polar surface area (TPSA) is 59.0 Å². The van der Waals surface area contributed by atoms with Gasteiger partial charge in [0, 0.05) is 24.7 Å². The summed E-state index contributed by atoms with van der Waals surface area (Å²) in [6, 6.07) is 25.3. The van der Waals surface area contributed by atoms with Crippen LogP contribution in [0.4, 0.5) is 0 Å². The van der Waals surface area contributed by atoms with E-state index in [1.165, 1.54) is 12.7 Å². The minimum absolute atomic E-state index is 0.113. The molecule has 0 aliphatic heterocycles. The van der Waals surface area contributed by atoms with Crippen molar-refractivity contribution in [3.63, 3.8) is 0 Å². The largest absolute Gasteiger partial charge is 0.482 e. The number of aliphatic hydroxyl groups excluding tert-OH is 1. The highest BCUT2D eigenvalue weighted by molar-refractivity contribution is 6.30. The molecule has 0 aromatic heterocycles. The highest BCUT2D eigenvalue weighted by atomic mass is 35.5. The summed E-state index contributed by atoms with van der Waals surface area (Å²) in [5.74, 6) is 0.422. The van der Waals surface area contributed by atoms with Crippen molar-refractivity contribution in [1.82, 2.24) is 4.90 Å². The van der Waals surface area contributed by atoms with Gasteiger partial charge in [0.15, 0.2) is 6.61 Å². The number of rotatable bonds is 11. The van der Waals surface area contributed by atoms with E-state index in [2.05, 4.69) is 28.7 Å². The van der Waals surface area contributed by atoms with Gasteiger partial charge in [0.05, 0.1) is 13.2 Å². The Morgan fingerprint density at radius 3 is 2.36 bits per heavy atom. The zero-order valence-corrected chi connectivity index (χ0v) is 19.7. The Morgan fingerprint density at radius 1 is 0.970 bits per heavy atom. The maximum atomic E-state index is 11.3. The van der Waals surface area contributed by atoms with Crippen LogP contribution in [0.2, 0.25) is 5.02 Å². The van der Waals surface area contributed by atoms with E-state index in [9.17, 15) is 9.90 Å². The number of halogens is 1. The first-order valence-corrected chi connectivity index (χ1v) is 11.3. The Bertz CT molecular complexity index is 1010. The first-order chi connectivity index (χ1) is 15.9. The van der Waals surface area contributed by atoms with E-state index in [1.807, 2.05) is 60.7 Å². The van der Waals surface area contributed by atoms with Crippen LogP contribution in [0.25, 0.3) is 0 Å². The van der Waals surface area contributed by atoms with Gasteiger partial charge < -0.3 is 14.6 Å². The minimum atomic E-state index is -0.645. The number of benzene rings is 3. The lowest BCUT2D eigenvalue weighted by Crippen LogP contribution is -2.31. The molecular weight excluding hydrogens is 438 g/mol. The van der Waals surface area contributed by atoms with Gasteiger partial charge in [0.25, 0.3) is 0 Å². The first kappa shape index (κ1) is 24.8. The number of hydrogen-bond acceptors (Lipinski definition) is 5. The molecule has 0 amide bonds. The monoisotopic (exact) mass is 467 g/mol. The predicted octanol–water partition coefficient (Wildman–Crippen LogP) is 5.23. The molecule has 2 unspecified atom stereocenters. The molecule has 0 aliphatic rings. The Morgan fingerprint density at radius 2 is 1.70 bits per heavy atom. The molecule has 3 aromatic rings. The van der Waals surface area contributed by atoms with E-state index in [0.717, 1.165) is 24.2 Å². The summed E-state index contributed by atoms with van der Waals surface area (Å²) in [5.41, 5.74) is 3.14. The quantitative estimate of drug-likeness (QED) is 0.391. The van der Waals surface area contributed by atoms with Gasteiger partial charge in [-0.1, -0.05) is 73.1 Å². The fourth-order valence-corrected chi connectivity index (χ4v) is 3.89. The van der Waals surface area contributed by atoms with Gasteiger partial charge in [-0.3, -0.25) is 4.90 Å². The van der Waals surface area contributed by atoms with Gasteiger partial charge >= 0.3 is 5.97 Å². The third-order valence-corrected chi connectivity index (χ3v) is 5.71. The second-order valence-corrected chi connectivity index (χ2v) is 8.52. The molecule has 2 atom stereocenters. The molecule has 1 N–H and O–H groups in total. The van der Waals surface area contributed by atoms with Gasteiger partial charge in [-0.2, -0.15) is 0 Å². The molecule has 0 saturated carbocycles. The zero-order chi connectivity index (χ0) is 23.6. The van der Waals surface area contributed by atoms with Gasteiger partial charge in [0.1, 0.15) is 5.75 Å². The molecule has 5 nitrogen and oxygen atoms in total. The number of nitrogens with zero attached hydrogens (tertiary/aromatic N) is 1. The van der Waals surface area contributed by atoms with Crippen LogP contribution < -0.4 is 4.74 Å². The molecule has 3 rings (SSSR count).